The quantitative estimate of drug-likeness (QED) is 0.437. The minimum Gasteiger partial charge on any atom is -0.145 e. The summed E-state index contributed by atoms with van der Waals surface area (Å²) >= 11 is 0. The van der Waals surface area contributed by atoms with Crippen LogP contribution in [0.4, 0.5) is 0 Å². The van der Waals surface area contributed by atoms with E-state index in [1.807, 2.05) is 30.3 Å². The van der Waals surface area contributed by atoms with Crippen molar-refractivity contribution < 1.29 is 0 Å². The standard InChI is InChI=1S/C16H17NO/c1-5-13-7-6-8-14(11-13)12-15(17-18)9-10-16(2,3)4/h1,6-12H,2-4H3/b10-9+,15-12+. The van der Waals surface area contributed by atoms with Gasteiger partial charge in [0.1, 0.15) is 5.70 Å². The minimum absolute atomic E-state index is 0.0183. The molecule has 0 amide bonds. The van der Waals surface area contributed by atoms with Crippen LogP contribution in [0.1, 0.15) is 31.9 Å². The van der Waals surface area contributed by atoms with E-state index >= 15 is 0 Å². The first-order valence-electron chi connectivity index (χ1n) is 5.75. The zero-order valence-corrected chi connectivity index (χ0v) is 11.0. The van der Waals surface area contributed by atoms with Gasteiger partial charge in [-0.25, -0.2) is 0 Å². The third kappa shape index (κ3) is 4.80. The molecule has 2 heteroatoms. The van der Waals surface area contributed by atoms with Crippen LogP contribution in [0.5, 0.6) is 0 Å². The number of terminal acetylenes is 1. The van der Waals surface area contributed by atoms with Crippen molar-refractivity contribution >= 4 is 6.08 Å². The van der Waals surface area contributed by atoms with Gasteiger partial charge in [0.05, 0.1) is 0 Å². The van der Waals surface area contributed by atoms with Gasteiger partial charge < -0.3 is 0 Å². The predicted octanol–water partition coefficient (Wildman–Crippen LogP) is 4.38. The van der Waals surface area contributed by atoms with E-state index < -0.39 is 0 Å². The molecule has 1 aromatic rings. The van der Waals surface area contributed by atoms with Gasteiger partial charge in [-0.3, -0.25) is 0 Å². The zero-order chi connectivity index (χ0) is 13.6. The molecule has 18 heavy (non-hydrogen) atoms. The van der Waals surface area contributed by atoms with Crippen LogP contribution in [0.25, 0.3) is 6.08 Å². The van der Waals surface area contributed by atoms with Crippen molar-refractivity contribution in [1.29, 1.82) is 0 Å². The lowest BCUT2D eigenvalue weighted by Crippen LogP contribution is -1.98. The van der Waals surface area contributed by atoms with Crippen LogP contribution < -0.4 is 0 Å². The third-order valence-electron chi connectivity index (χ3n) is 2.23. The molecule has 0 saturated heterocycles. The van der Waals surface area contributed by atoms with E-state index in [0.717, 1.165) is 11.1 Å². The number of rotatable bonds is 3. The van der Waals surface area contributed by atoms with Crippen LogP contribution in [0.15, 0.2) is 47.3 Å². The number of hydrogen-bond acceptors (Lipinski definition) is 2. The summed E-state index contributed by atoms with van der Waals surface area (Å²) in [7, 11) is 0. The fourth-order valence-corrected chi connectivity index (χ4v) is 1.33. The molecule has 0 spiro atoms. The smallest absolute Gasteiger partial charge is 0.108 e. The molecule has 92 valence electrons. The van der Waals surface area contributed by atoms with Crippen molar-refractivity contribution in [3.63, 3.8) is 0 Å². The van der Waals surface area contributed by atoms with Gasteiger partial charge in [0.2, 0.25) is 0 Å². The van der Waals surface area contributed by atoms with Gasteiger partial charge in [0.15, 0.2) is 0 Å². The summed E-state index contributed by atoms with van der Waals surface area (Å²) in [6.07, 6.45) is 10.7. The van der Waals surface area contributed by atoms with Crippen molar-refractivity contribution in [2.24, 2.45) is 10.6 Å². The maximum absolute atomic E-state index is 10.8. The fourth-order valence-electron chi connectivity index (χ4n) is 1.33. The Morgan fingerprint density at radius 2 is 2.11 bits per heavy atom. The van der Waals surface area contributed by atoms with Gasteiger partial charge in [-0.15, -0.1) is 11.3 Å². The first-order valence-corrected chi connectivity index (χ1v) is 5.75. The molecule has 0 aliphatic rings. The predicted molar refractivity (Wildman–Crippen MR) is 76.7 cm³/mol. The largest absolute Gasteiger partial charge is 0.145 e. The SMILES string of the molecule is C#Cc1cccc(/C=C(\C=C\C(C)(C)C)N=O)c1. The normalized spacial score (nSPS) is 12.4. The van der Waals surface area contributed by atoms with Crippen LogP contribution in [0.3, 0.4) is 0 Å². The number of hydrogen-bond donors (Lipinski definition) is 0. The maximum Gasteiger partial charge on any atom is 0.108 e. The molecule has 0 saturated carbocycles. The van der Waals surface area contributed by atoms with Crippen LogP contribution in [0.2, 0.25) is 0 Å². The van der Waals surface area contributed by atoms with Gasteiger partial charge >= 0.3 is 0 Å². The molecule has 0 radical (unpaired) electrons. The highest BCUT2D eigenvalue weighted by Gasteiger charge is 2.04. The summed E-state index contributed by atoms with van der Waals surface area (Å²) in [6, 6.07) is 7.43. The Hall–Kier alpha value is -2.14. The van der Waals surface area contributed by atoms with E-state index in [9.17, 15) is 4.91 Å². The van der Waals surface area contributed by atoms with Crippen molar-refractivity contribution in [3.8, 4) is 12.3 Å². The molecule has 0 fully saturated rings. The lowest BCUT2D eigenvalue weighted by molar-refractivity contribution is 0.544. The summed E-state index contributed by atoms with van der Waals surface area (Å²) in [4.78, 5) is 10.8. The first-order chi connectivity index (χ1) is 8.44. The monoisotopic (exact) mass is 239 g/mol. The molecule has 1 aromatic carbocycles. The molecule has 0 aliphatic heterocycles. The Morgan fingerprint density at radius 1 is 1.39 bits per heavy atom. The molecule has 1 rings (SSSR count). The van der Waals surface area contributed by atoms with Gasteiger partial charge in [-0.1, -0.05) is 44.9 Å². The summed E-state index contributed by atoms with van der Waals surface area (Å²) in [5.74, 6) is 2.56. The Morgan fingerprint density at radius 3 is 2.67 bits per heavy atom. The highest BCUT2D eigenvalue weighted by atomic mass is 16.3. The Labute approximate surface area is 108 Å². The van der Waals surface area contributed by atoms with Crippen molar-refractivity contribution in [2.75, 3.05) is 0 Å². The molecule has 2 nitrogen and oxygen atoms in total. The highest BCUT2D eigenvalue weighted by molar-refractivity contribution is 5.57. The average Bonchev–Trinajstić information content (AvgIpc) is 2.33. The summed E-state index contributed by atoms with van der Waals surface area (Å²) in [6.45, 7) is 6.18. The van der Waals surface area contributed by atoms with Crippen molar-refractivity contribution in [3.05, 3.63) is 58.1 Å². The number of allylic oxidation sites excluding steroid dienone is 2. The summed E-state index contributed by atoms with van der Waals surface area (Å²) in [5.41, 5.74) is 2.07. The minimum atomic E-state index is 0.0183. The van der Waals surface area contributed by atoms with Gasteiger partial charge in [-0.2, -0.15) is 0 Å². The van der Waals surface area contributed by atoms with Gasteiger partial charge in [0, 0.05) is 5.56 Å². The Kier molecular flexibility index (Phi) is 4.62. The molecule has 0 aromatic heterocycles. The van der Waals surface area contributed by atoms with E-state index in [0.29, 0.717) is 5.70 Å². The first kappa shape index (κ1) is 13.9. The van der Waals surface area contributed by atoms with Crippen LogP contribution >= 0.6 is 0 Å². The van der Waals surface area contributed by atoms with Crippen LogP contribution in [-0.2, 0) is 0 Å². The molecular weight excluding hydrogens is 222 g/mol. The lowest BCUT2D eigenvalue weighted by atomic mass is 9.96. The van der Waals surface area contributed by atoms with Crippen molar-refractivity contribution in [2.45, 2.75) is 20.8 Å². The number of nitrogens with zero attached hydrogens (tertiary/aromatic N) is 1. The molecule has 0 N–H and O–H groups in total. The lowest BCUT2D eigenvalue weighted by Gasteiger charge is -2.10. The van der Waals surface area contributed by atoms with E-state index in [-0.39, 0.29) is 5.41 Å². The van der Waals surface area contributed by atoms with E-state index in [1.54, 1.807) is 12.2 Å². The molecule has 0 aliphatic carbocycles. The topological polar surface area (TPSA) is 29.4 Å². The highest BCUT2D eigenvalue weighted by Crippen LogP contribution is 2.18. The second-order valence-electron chi connectivity index (χ2n) is 5.13. The second kappa shape index (κ2) is 5.97. The van der Waals surface area contributed by atoms with E-state index in [4.69, 9.17) is 6.42 Å². The van der Waals surface area contributed by atoms with Gasteiger partial charge in [0.25, 0.3) is 0 Å². The van der Waals surface area contributed by atoms with E-state index in [1.165, 1.54) is 0 Å². The maximum atomic E-state index is 10.8. The Balaban J connectivity index is 3.01. The molecular formula is C16H17NO. The van der Waals surface area contributed by atoms with Gasteiger partial charge in [-0.05, 0) is 40.4 Å². The number of nitroso groups, excluding NO2 is 1. The zero-order valence-electron chi connectivity index (χ0n) is 11.0. The van der Waals surface area contributed by atoms with E-state index in [2.05, 4.69) is 31.9 Å². The molecule has 0 bridgehead atoms. The number of benzene rings is 1. The Bertz CT molecular complexity index is 525. The van der Waals surface area contributed by atoms with Crippen LogP contribution in [-0.4, -0.2) is 0 Å². The van der Waals surface area contributed by atoms with Crippen molar-refractivity contribution in [1.82, 2.24) is 0 Å². The summed E-state index contributed by atoms with van der Waals surface area (Å²) in [5, 5.41) is 3.01. The average molecular weight is 239 g/mol. The second-order valence-corrected chi connectivity index (χ2v) is 5.13. The van der Waals surface area contributed by atoms with Crippen LogP contribution in [0, 0.1) is 22.7 Å². The fraction of sp³-hybridized carbons (Fsp3) is 0.250. The molecule has 0 unspecified atom stereocenters. The molecule has 0 heterocycles. The molecule has 0 atom stereocenters. The summed E-state index contributed by atoms with van der Waals surface area (Å²) < 4.78 is 0. The third-order valence-corrected chi connectivity index (χ3v) is 2.23.